The van der Waals surface area contributed by atoms with Crippen LogP contribution < -0.4 is 10.6 Å². The smallest absolute Gasteiger partial charge is 0.321 e. The van der Waals surface area contributed by atoms with Crippen molar-refractivity contribution in [1.82, 2.24) is 20.0 Å². The summed E-state index contributed by atoms with van der Waals surface area (Å²) in [5, 5.41) is 9.22. The molecule has 7 heteroatoms. The molecule has 1 atom stereocenters. The van der Waals surface area contributed by atoms with Crippen LogP contribution >= 0.6 is 0 Å². The molecule has 0 saturated carbocycles. The second kappa shape index (κ2) is 5.28. The van der Waals surface area contributed by atoms with Crippen LogP contribution in [0.2, 0.25) is 0 Å². The Balaban J connectivity index is 1.48. The molecule has 0 saturated heterocycles. The third-order valence-corrected chi connectivity index (χ3v) is 3.92. The van der Waals surface area contributed by atoms with Gasteiger partial charge < -0.3 is 14.4 Å². The van der Waals surface area contributed by atoms with Crippen molar-refractivity contribution in [2.45, 2.75) is 13.0 Å². The predicted octanol–water partition coefficient (Wildman–Crippen LogP) is 2.57. The van der Waals surface area contributed by atoms with E-state index in [1.165, 1.54) is 5.56 Å². The van der Waals surface area contributed by atoms with Crippen LogP contribution in [-0.4, -0.2) is 27.3 Å². The minimum Gasteiger partial charge on any atom is -0.338 e. The quantitative estimate of drug-likeness (QED) is 0.778. The molecule has 116 valence electrons. The average molecular weight is 309 g/mol. The lowest BCUT2D eigenvalue weighted by atomic mass is 10.0. The second-order valence-corrected chi connectivity index (χ2v) is 5.46. The van der Waals surface area contributed by atoms with Gasteiger partial charge in [0.05, 0.1) is 30.0 Å². The van der Waals surface area contributed by atoms with Crippen molar-refractivity contribution < 1.29 is 9.32 Å². The van der Waals surface area contributed by atoms with Gasteiger partial charge in [-0.3, -0.25) is 5.32 Å². The number of urea groups is 1. The van der Waals surface area contributed by atoms with E-state index in [0.717, 1.165) is 11.3 Å². The highest BCUT2D eigenvalue weighted by Crippen LogP contribution is 2.38. The SMILES string of the molecule is Cc1cc(NC(=O)NCC2c3ccccc3-c3cncn32)on1. The summed E-state index contributed by atoms with van der Waals surface area (Å²) in [6.45, 7) is 2.25. The molecule has 23 heavy (non-hydrogen) atoms. The Hall–Kier alpha value is -3.09. The van der Waals surface area contributed by atoms with E-state index in [1.54, 1.807) is 19.3 Å². The van der Waals surface area contributed by atoms with E-state index in [0.29, 0.717) is 18.1 Å². The van der Waals surface area contributed by atoms with Gasteiger partial charge in [0, 0.05) is 18.2 Å². The number of nitrogens with zero attached hydrogens (tertiary/aromatic N) is 3. The number of aryl methyl sites for hydroxylation is 1. The molecule has 2 amide bonds. The van der Waals surface area contributed by atoms with Crippen molar-refractivity contribution in [3.63, 3.8) is 0 Å². The Morgan fingerprint density at radius 3 is 3.09 bits per heavy atom. The van der Waals surface area contributed by atoms with Crippen molar-refractivity contribution in [3.8, 4) is 11.3 Å². The molecule has 2 N–H and O–H groups in total. The van der Waals surface area contributed by atoms with Crippen molar-refractivity contribution in [2.75, 3.05) is 11.9 Å². The van der Waals surface area contributed by atoms with Gasteiger partial charge in [0.15, 0.2) is 0 Å². The first-order chi connectivity index (χ1) is 11.2. The summed E-state index contributed by atoms with van der Waals surface area (Å²) in [7, 11) is 0. The first kappa shape index (κ1) is 13.6. The van der Waals surface area contributed by atoms with Crippen LogP contribution in [0.15, 0.2) is 47.4 Å². The standard InChI is InChI=1S/C16H15N5O2/c1-10-6-15(23-20-10)19-16(22)18-8-14-12-5-3-2-4-11(12)13-7-17-9-21(13)14/h2-7,9,14H,8H2,1H3,(H2,18,19,22). The van der Waals surface area contributed by atoms with Crippen LogP contribution in [0.4, 0.5) is 10.7 Å². The van der Waals surface area contributed by atoms with E-state index in [9.17, 15) is 4.79 Å². The molecule has 3 heterocycles. The zero-order valence-corrected chi connectivity index (χ0v) is 12.5. The number of carbonyl (C=O) groups excluding carboxylic acids is 1. The Labute approximate surface area is 132 Å². The van der Waals surface area contributed by atoms with E-state index in [2.05, 4.69) is 37.5 Å². The monoisotopic (exact) mass is 309 g/mol. The Morgan fingerprint density at radius 2 is 2.26 bits per heavy atom. The zero-order valence-electron chi connectivity index (χ0n) is 12.5. The fourth-order valence-corrected chi connectivity index (χ4v) is 2.91. The van der Waals surface area contributed by atoms with Gasteiger partial charge in [-0.1, -0.05) is 29.4 Å². The van der Waals surface area contributed by atoms with Crippen LogP contribution in [0, 0.1) is 6.92 Å². The van der Waals surface area contributed by atoms with Gasteiger partial charge in [-0.25, -0.2) is 9.78 Å². The number of aromatic nitrogens is 3. The minimum absolute atomic E-state index is 0.0333. The topological polar surface area (TPSA) is 85.0 Å². The molecule has 0 radical (unpaired) electrons. The van der Waals surface area contributed by atoms with Gasteiger partial charge in [0.1, 0.15) is 0 Å². The fraction of sp³-hybridized carbons (Fsp3) is 0.188. The number of imidazole rings is 1. The number of carbonyl (C=O) groups is 1. The molecule has 1 unspecified atom stereocenters. The van der Waals surface area contributed by atoms with E-state index in [4.69, 9.17) is 4.52 Å². The largest absolute Gasteiger partial charge is 0.338 e. The minimum atomic E-state index is -0.327. The van der Waals surface area contributed by atoms with Crippen LogP contribution in [0.3, 0.4) is 0 Å². The molecule has 0 fully saturated rings. The van der Waals surface area contributed by atoms with Crippen molar-refractivity contribution in [2.24, 2.45) is 0 Å². The summed E-state index contributed by atoms with van der Waals surface area (Å²) in [6.07, 6.45) is 3.63. The molecule has 7 nitrogen and oxygen atoms in total. The number of anilines is 1. The van der Waals surface area contributed by atoms with E-state index in [1.807, 2.05) is 18.3 Å². The number of nitrogens with one attached hydrogen (secondary N) is 2. The van der Waals surface area contributed by atoms with Gasteiger partial charge in [0.25, 0.3) is 0 Å². The average Bonchev–Trinajstić information content (AvgIpc) is 3.22. The number of hydrogen-bond donors (Lipinski definition) is 2. The maximum absolute atomic E-state index is 12.0. The molecular weight excluding hydrogens is 294 g/mol. The van der Waals surface area contributed by atoms with Crippen molar-refractivity contribution in [3.05, 3.63) is 54.1 Å². The molecule has 0 bridgehead atoms. The van der Waals surface area contributed by atoms with Gasteiger partial charge in [-0.05, 0) is 12.5 Å². The second-order valence-electron chi connectivity index (χ2n) is 5.46. The summed E-state index contributed by atoms with van der Waals surface area (Å²) in [6, 6.07) is 9.53. The number of hydrogen-bond acceptors (Lipinski definition) is 4. The Bertz CT molecular complexity index is 867. The highest BCUT2D eigenvalue weighted by Gasteiger charge is 2.28. The fourth-order valence-electron chi connectivity index (χ4n) is 2.91. The molecule has 1 aromatic carbocycles. The first-order valence-electron chi connectivity index (χ1n) is 7.31. The van der Waals surface area contributed by atoms with E-state index < -0.39 is 0 Å². The van der Waals surface area contributed by atoms with Crippen LogP contribution in [0.5, 0.6) is 0 Å². The number of rotatable bonds is 3. The van der Waals surface area contributed by atoms with E-state index >= 15 is 0 Å². The number of benzene rings is 1. The lowest BCUT2D eigenvalue weighted by Crippen LogP contribution is -2.33. The molecule has 4 rings (SSSR count). The summed E-state index contributed by atoms with van der Waals surface area (Å²) in [4.78, 5) is 16.2. The van der Waals surface area contributed by atoms with Crippen molar-refractivity contribution in [1.29, 1.82) is 0 Å². The molecule has 3 aromatic rings. The molecular formula is C16H15N5O2. The Kier molecular flexibility index (Phi) is 3.11. The van der Waals surface area contributed by atoms with Crippen LogP contribution in [0.1, 0.15) is 17.3 Å². The molecule has 2 aromatic heterocycles. The normalized spacial score (nSPS) is 15.1. The number of amides is 2. The number of fused-ring (bicyclic) bond motifs is 3. The van der Waals surface area contributed by atoms with Crippen LogP contribution in [0.25, 0.3) is 11.3 Å². The molecule has 0 aliphatic carbocycles. The Morgan fingerprint density at radius 1 is 1.39 bits per heavy atom. The summed E-state index contributed by atoms with van der Waals surface area (Å²) < 4.78 is 7.04. The van der Waals surface area contributed by atoms with Gasteiger partial charge >= 0.3 is 6.03 Å². The molecule has 1 aliphatic heterocycles. The molecule has 1 aliphatic rings. The van der Waals surface area contributed by atoms with Gasteiger partial charge in [0.2, 0.25) is 5.88 Å². The first-order valence-corrected chi connectivity index (χ1v) is 7.31. The predicted molar refractivity (Wildman–Crippen MR) is 84.1 cm³/mol. The van der Waals surface area contributed by atoms with Crippen LogP contribution in [-0.2, 0) is 0 Å². The maximum Gasteiger partial charge on any atom is 0.321 e. The van der Waals surface area contributed by atoms with Gasteiger partial charge in [-0.15, -0.1) is 0 Å². The third kappa shape index (κ3) is 2.36. The van der Waals surface area contributed by atoms with Gasteiger partial charge in [-0.2, -0.15) is 0 Å². The lowest BCUT2D eigenvalue weighted by molar-refractivity contribution is 0.250. The molecule has 0 spiro atoms. The lowest BCUT2D eigenvalue weighted by Gasteiger charge is -2.15. The maximum atomic E-state index is 12.0. The van der Waals surface area contributed by atoms with Crippen molar-refractivity contribution >= 4 is 11.9 Å². The highest BCUT2D eigenvalue weighted by atomic mass is 16.5. The summed E-state index contributed by atoms with van der Waals surface area (Å²) in [5.74, 6) is 0.329. The third-order valence-electron chi connectivity index (χ3n) is 3.92. The zero-order chi connectivity index (χ0) is 15.8. The summed E-state index contributed by atoms with van der Waals surface area (Å²) >= 11 is 0. The summed E-state index contributed by atoms with van der Waals surface area (Å²) in [5.41, 5.74) is 4.12. The highest BCUT2D eigenvalue weighted by molar-refractivity contribution is 5.87. The van der Waals surface area contributed by atoms with E-state index in [-0.39, 0.29) is 12.1 Å².